The average Bonchev–Trinajstić information content (AvgIpc) is 2.79. The second kappa shape index (κ2) is 5.50. The summed E-state index contributed by atoms with van der Waals surface area (Å²) >= 11 is 6.82. The molecule has 0 bridgehead atoms. The van der Waals surface area contributed by atoms with Gasteiger partial charge in [0.2, 0.25) is 0 Å². The number of thiophene rings is 1. The SMILES string of the molecule is CN(Cc1ccc(N)cc1)S(=O)(=O)c1ccc(Cl)s1. The Morgan fingerprint density at radius 2 is 1.84 bits per heavy atom. The molecule has 0 atom stereocenters. The molecule has 4 nitrogen and oxygen atoms in total. The lowest BCUT2D eigenvalue weighted by molar-refractivity contribution is 0.468. The van der Waals surface area contributed by atoms with Crippen LogP contribution in [0.1, 0.15) is 5.56 Å². The zero-order chi connectivity index (χ0) is 14.0. The van der Waals surface area contributed by atoms with Crippen molar-refractivity contribution in [3.05, 3.63) is 46.3 Å². The van der Waals surface area contributed by atoms with Crippen LogP contribution in [0.15, 0.2) is 40.6 Å². The Balaban J connectivity index is 2.19. The molecule has 0 aliphatic rings. The number of hydrogen-bond acceptors (Lipinski definition) is 4. The molecule has 2 aromatic rings. The fourth-order valence-electron chi connectivity index (χ4n) is 1.56. The third-order valence-electron chi connectivity index (χ3n) is 2.60. The summed E-state index contributed by atoms with van der Waals surface area (Å²) in [7, 11) is -1.95. The van der Waals surface area contributed by atoms with Crippen molar-refractivity contribution in [3.8, 4) is 0 Å². The van der Waals surface area contributed by atoms with Gasteiger partial charge in [0.05, 0.1) is 4.34 Å². The van der Waals surface area contributed by atoms with E-state index in [1.165, 1.54) is 10.4 Å². The minimum Gasteiger partial charge on any atom is -0.399 e. The Hall–Kier alpha value is -1.08. The Kier molecular flexibility index (Phi) is 4.15. The first-order chi connectivity index (χ1) is 8.89. The largest absolute Gasteiger partial charge is 0.399 e. The predicted octanol–water partition coefficient (Wildman–Crippen LogP) is 2.80. The van der Waals surface area contributed by atoms with Crippen LogP contribution in [0, 0.1) is 0 Å². The topological polar surface area (TPSA) is 63.4 Å². The van der Waals surface area contributed by atoms with E-state index >= 15 is 0 Å². The van der Waals surface area contributed by atoms with E-state index < -0.39 is 10.0 Å². The molecule has 2 rings (SSSR count). The summed E-state index contributed by atoms with van der Waals surface area (Å²) in [5.41, 5.74) is 7.12. The van der Waals surface area contributed by atoms with Crippen LogP contribution >= 0.6 is 22.9 Å². The highest BCUT2D eigenvalue weighted by atomic mass is 35.5. The lowest BCUT2D eigenvalue weighted by Gasteiger charge is -2.16. The van der Waals surface area contributed by atoms with Gasteiger partial charge in [-0.25, -0.2) is 8.42 Å². The molecule has 102 valence electrons. The summed E-state index contributed by atoms with van der Waals surface area (Å²) in [4.78, 5) is 0. The minimum atomic E-state index is -3.49. The zero-order valence-electron chi connectivity index (χ0n) is 10.2. The second-order valence-electron chi connectivity index (χ2n) is 4.06. The molecule has 0 aliphatic heterocycles. The molecule has 2 N–H and O–H groups in total. The van der Waals surface area contributed by atoms with Gasteiger partial charge in [0.25, 0.3) is 10.0 Å². The number of anilines is 1. The molecule has 0 amide bonds. The molecule has 0 aliphatic carbocycles. The van der Waals surface area contributed by atoms with E-state index in [4.69, 9.17) is 17.3 Å². The second-order valence-corrected chi connectivity index (χ2v) is 8.05. The van der Waals surface area contributed by atoms with Crippen LogP contribution in [0.25, 0.3) is 0 Å². The molecule has 0 saturated carbocycles. The number of hydrogen-bond donors (Lipinski definition) is 1. The molecule has 1 aromatic heterocycles. The number of nitrogen functional groups attached to an aromatic ring is 1. The summed E-state index contributed by atoms with van der Waals surface area (Å²) in [5, 5.41) is 0. The lowest BCUT2D eigenvalue weighted by atomic mass is 10.2. The Morgan fingerprint density at radius 1 is 1.21 bits per heavy atom. The van der Waals surface area contributed by atoms with Crippen LogP contribution in [-0.4, -0.2) is 19.8 Å². The van der Waals surface area contributed by atoms with Gasteiger partial charge in [-0.2, -0.15) is 4.31 Å². The van der Waals surface area contributed by atoms with Gasteiger partial charge >= 0.3 is 0 Å². The highest BCUT2D eigenvalue weighted by Crippen LogP contribution is 2.28. The third-order valence-corrected chi connectivity index (χ3v) is 6.10. The molecule has 19 heavy (non-hydrogen) atoms. The van der Waals surface area contributed by atoms with Crippen molar-refractivity contribution in [2.24, 2.45) is 0 Å². The molecule has 0 radical (unpaired) electrons. The standard InChI is InChI=1S/C12H13ClN2O2S2/c1-15(8-9-2-4-10(14)5-3-9)19(16,17)12-7-6-11(13)18-12/h2-7H,8,14H2,1H3. The van der Waals surface area contributed by atoms with Crippen LogP contribution in [0.5, 0.6) is 0 Å². The molecule has 0 saturated heterocycles. The third kappa shape index (κ3) is 3.27. The van der Waals surface area contributed by atoms with Crippen molar-refractivity contribution in [2.75, 3.05) is 12.8 Å². The molecule has 1 aromatic carbocycles. The van der Waals surface area contributed by atoms with Gasteiger partial charge in [0.15, 0.2) is 0 Å². The predicted molar refractivity (Wildman–Crippen MR) is 78.8 cm³/mol. The van der Waals surface area contributed by atoms with Gasteiger partial charge < -0.3 is 5.73 Å². The van der Waals surface area contributed by atoms with Crippen LogP contribution in [0.3, 0.4) is 0 Å². The van der Waals surface area contributed by atoms with Gasteiger partial charge in [-0.3, -0.25) is 0 Å². The molecule has 0 spiro atoms. The van der Waals surface area contributed by atoms with Crippen LogP contribution in [0.2, 0.25) is 4.34 Å². The first-order valence-electron chi connectivity index (χ1n) is 5.45. The molecule has 0 fully saturated rings. The van der Waals surface area contributed by atoms with Gasteiger partial charge in [0, 0.05) is 19.3 Å². The van der Waals surface area contributed by atoms with Crippen LogP contribution in [0.4, 0.5) is 5.69 Å². The summed E-state index contributed by atoms with van der Waals surface area (Å²) < 4.78 is 26.5. The number of rotatable bonds is 4. The van der Waals surface area contributed by atoms with E-state index in [1.807, 2.05) is 12.1 Å². The van der Waals surface area contributed by atoms with Crippen molar-refractivity contribution in [1.82, 2.24) is 4.31 Å². The summed E-state index contributed by atoms with van der Waals surface area (Å²) in [6, 6.07) is 10.2. The molecular weight excluding hydrogens is 304 g/mol. The number of halogens is 1. The van der Waals surface area contributed by atoms with Gasteiger partial charge in [-0.05, 0) is 29.8 Å². The fourth-order valence-corrected chi connectivity index (χ4v) is 4.41. The van der Waals surface area contributed by atoms with Crippen molar-refractivity contribution >= 4 is 38.6 Å². The summed E-state index contributed by atoms with van der Waals surface area (Å²) in [6.07, 6.45) is 0. The zero-order valence-corrected chi connectivity index (χ0v) is 12.6. The van der Waals surface area contributed by atoms with Crippen molar-refractivity contribution in [2.45, 2.75) is 10.8 Å². The first-order valence-corrected chi connectivity index (χ1v) is 8.09. The Morgan fingerprint density at radius 3 is 2.37 bits per heavy atom. The minimum absolute atomic E-state index is 0.246. The average molecular weight is 317 g/mol. The van der Waals surface area contributed by atoms with Crippen molar-refractivity contribution < 1.29 is 8.42 Å². The Bertz CT molecular complexity index is 665. The smallest absolute Gasteiger partial charge is 0.252 e. The summed E-state index contributed by atoms with van der Waals surface area (Å²) in [6.45, 7) is 0.290. The van der Waals surface area contributed by atoms with Gasteiger partial charge in [0.1, 0.15) is 4.21 Å². The molecule has 1 heterocycles. The highest BCUT2D eigenvalue weighted by molar-refractivity contribution is 7.91. The highest BCUT2D eigenvalue weighted by Gasteiger charge is 2.22. The normalized spacial score (nSPS) is 11.9. The van der Waals surface area contributed by atoms with E-state index in [0.29, 0.717) is 10.0 Å². The van der Waals surface area contributed by atoms with E-state index in [2.05, 4.69) is 0 Å². The monoisotopic (exact) mass is 316 g/mol. The van der Waals surface area contributed by atoms with Gasteiger partial charge in [-0.15, -0.1) is 11.3 Å². The quantitative estimate of drug-likeness (QED) is 0.882. The molecule has 7 heteroatoms. The Labute approximate surface area is 121 Å². The number of benzene rings is 1. The van der Waals surface area contributed by atoms with E-state index in [-0.39, 0.29) is 10.8 Å². The lowest BCUT2D eigenvalue weighted by Crippen LogP contribution is -2.25. The van der Waals surface area contributed by atoms with E-state index in [0.717, 1.165) is 16.9 Å². The maximum atomic E-state index is 12.3. The van der Waals surface area contributed by atoms with E-state index in [1.54, 1.807) is 25.2 Å². The maximum Gasteiger partial charge on any atom is 0.252 e. The van der Waals surface area contributed by atoms with Crippen molar-refractivity contribution in [1.29, 1.82) is 0 Å². The molecular formula is C12H13ClN2O2S2. The maximum absolute atomic E-state index is 12.3. The number of sulfonamides is 1. The van der Waals surface area contributed by atoms with E-state index in [9.17, 15) is 8.42 Å². The van der Waals surface area contributed by atoms with Gasteiger partial charge in [-0.1, -0.05) is 23.7 Å². The first kappa shape index (κ1) is 14.3. The number of nitrogens with two attached hydrogens (primary N) is 1. The van der Waals surface area contributed by atoms with Crippen molar-refractivity contribution in [3.63, 3.8) is 0 Å². The fraction of sp³-hybridized carbons (Fsp3) is 0.167. The van der Waals surface area contributed by atoms with Crippen LogP contribution in [-0.2, 0) is 16.6 Å². The number of nitrogens with zero attached hydrogens (tertiary/aromatic N) is 1. The molecule has 0 unspecified atom stereocenters. The van der Waals surface area contributed by atoms with Crippen LogP contribution < -0.4 is 5.73 Å². The summed E-state index contributed by atoms with van der Waals surface area (Å²) in [5.74, 6) is 0.